The number of imidazole rings is 1. The Morgan fingerprint density at radius 2 is 1.72 bits per heavy atom. The third kappa shape index (κ3) is 3.88. The topological polar surface area (TPSA) is 56.5 Å². The van der Waals surface area contributed by atoms with E-state index < -0.39 is 17.7 Å². The molecule has 0 radical (unpaired) electrons. The molecule has 0 aliphatic heterocycles. The van der Waals surface area contributed by atoms with E-state index >= 15 is 0 Å². The van der Waals surface area contributed by atoms with Crippen LogP contribution < -0.4 is 0 Å². The van der Waals surface area contributed by atoms with E-state index in [1.54, 1.807) is 0 Å². The van der Waals surface area contributed by atoms with E-state index in [2.05, 4.69) is 19.9 Å². The van der Waals surface area contributed by atoms with Crippen molar-refractivity contribution in [1.82, 2.24) is 24.5 Å². The van der Waals surface area contributed by atoms with Crippen molar-refractivity contribution in [2.24, 2.45) is 0 Å². The maximum atomic E-state index is 13.6. The van der Waals surface area contributed by atoms with Gasteiger partial charge in [0, 0.05) is 30.4 Å². The van der Waals surface area contributed by atoms with Gasteiger partial charge in [0.05, 0.1) is 11.6 Å². The van der Waals surface area contributed by atoms with E-state index in [0.717, 1.165) is 23.0 Å². The molecule has 25 heavy (non-hydrogen) atoms. The predicted octanol–water partition coefficient (Wildman–Crippen LogP) is 4.25. The first-order valence-electron chi connectivity index (χ1n) is 6.66. The summed E-state index contributed by atoms with van der Waals surface area (Å²) in [6.45, 7) is -0.125. The lowest BCUT2D eigenvalue weighted by molar-refractivity contribution is -0.140. The maximum Gasteiger partial charge on any atom is 0.434 e. The number of hydrogen-bond donors (Lipinski definition) is 0. The zero-order valence-electron chi connectivity index (χ0n) is 12.1. The molecule has 3 aromatic heterocycles. The monoisotopic (exact) mass is 391 g/mol. The van der Waals surface area contributed by atoms with Crippen LogP contribution in [0.15, 0.2) is 30.9 Å². The smallest absolute Gasteiger partial charge is 0.323 e. The Bertz CT molecular complexity index is 909. The predicted molar refractivity (Wildman–Crippen MR) is 81.6 cm³/mol. The van der Waals surface area contributed by atoms with Crippen LogP contribution in [-0.4, -0.2) is 24.5 Å². The Balaban J connectivity index is 2.07. The molecule has 5 nitrogen and oxygen atoms in total. The average molecular weight is 392 g/mol. The molecule has 3 aromatic rings. The van der Waals surface area contributed by atoms with Crippen LogP contribution in [0.1, 0.15) is 11.5 Å². The molecule has 0 aliphatic carbocycles. The summed E-state index contributed by atoms with van der Waals surface area (Å²) in [5.41, 5.74) is -1.10. The van der Waals surface area contributed by atoms with Gasteiger partial charge in [-0.2, -0.15) is 13.2 Å². The maximum absolute atomic E-state index is 13.6. The molecule has 0 spiro atoms. The van der Waals surface area contributed by atoms with Gasteiger partial charge in [-0.15, -0.1) is 0 Å². The summed E-state index contributed by atoms with van der Waals surface area (Å²) in [7, 11) is 0. The Labute approximate surface area is 148 Å². The Hall–Kier alpha value is -2.26. The molecule has 130 valence electrons. The quantitative estimate of drug-likeness (QED) is 0.494. The van der Waals surface area contributed by atoms with E-state index in [-0.39, 0.29) is 33.9 Å². The zero-order chi connectivity index (χ0) is 18.2. The minimum Gasteiger partial charge on any atom is -0.323 e. The number of aromatic nitrogens is 5. The van der Waals surface area contributed by atoms with Gasteiger partial charge < -0.3 is 4.57 Å². The lowest BCUT2D eigenvalue weighted by Gasteiger charge is -2.07. The summed E-state index contributed by atoms with van der Waals surface area (Å²) in [5.74, 6) is -0.807. The van der Waals surface area contributed by atoms with Gasteiger partial charge in [-0.3, -0.25) is 0 Å². The number of pyridine rings is 1. The zero-order valence-corrected chi connectivity index (χ0v) is 13.6. The average Bonchev–Trinajstić information content (AvgIpc) is 2.96. The normalized spacial score (nSPS) is 11.8. The molecule has 0 N–H and O–H groups in total. The van der Waals surface area contributed by atoms with Crippen molar-refractivity contribution in [3.8, 4) is 11.4 Å². The van der Waals surface area contributed by atoms with E-state index in [9.17, 15) is 17.6 Å². The molecule has 0 saturated carbocycles. The molecule has 11 heteroatoms. The van der Waals surface area contributed by atoms with Crippen LogP contribution in [0.2, 0.25) is 10.2 Å². The van der Waals surface area contributed by atoms with Gasteiger partial charge in [0.1, 0.15) is 11.6 Å². The van der Waals surface area contributed by atoms with Crippen LogP contribution in [0.3, 0.4) is 0 Å². The van der Waals surface area contributed by atoms with Crippen LogP contribution >= 0.6 is 23.2 Å². The van der Waals surface area contributed by atoms with Crippen LogP contribution in [0.4, 0.5) is 17.6 Å². The molecule has 3 heterocycles. The molecule has 3 rings (SSSR count). The summed E-state index contributed by atoms with van der Waals surface area (Å²) < 4.78 is 53.8. The van der Waals surface area contributed by atoms with Gasteiger partial charge in [-0.25, -0.2) is 24.3 Å². The molecular formula is C14H7Cl2F4N5. The molecule has 0 aliphatic rings. The fraction of sp³-hybridized carbons (Fsp3) is 0.143. The molecule has 0 saturated heterocycles. The molecule has 0 fully saturated rings. The summed E-state index contributed by atoms with van der Waals surface area (Å²) in [5, 5.41) is -0.103. The standard InChI is InChI=1S/C14H7Cl2F4N5/c15-8-3-21-11(22-4-8)6-25-5-10(14(18,19)20)24-13(25)7-1-9(17)12(16)23-2-7/h1-5H,6H2. The molecule has 0 unspecified atom stereocenters. The van der Waals surface area contributed by atoms with E-state index in [0.29, 0.717) is 0 Å². The molecule has 0 amide bonds. The van der Waals surface area contributed by atoms with Crippen molar-refractivity contribution in [3.05, 3.63) is 58.4 Å². The summed E-state index contributed by atoms with van der Waals surface area (Å²) in [6, 6.07) is 0.955. The minimum atomic E-state index is -4.67. The fourth-order valence-corrected chi connectivity index (χ4v) is 2.22. The van der Waals surface area contributed by atoms with Crippen LogP contribution in [0.5, 0.6) is 0 Å². The van der Waals surface area contributed by atoms with E-state index in [1.165, 1.54) is 12.4 Å². The van der Waals surface area contributed by atoms with Crippen LogP contribution in [0, 0.1) is 5.82 Å². The highest BCUT2D eigenvalue weighted by atomic mass is 35.5. The van der Waals surface area contributed by atoms with Crippen molar-refractivity contribution in [2.75, 3.05) is 0 Å². The molecule has 0 bridgehead atoms. The van der Waals surface area contributed by atoms with E-state index in [4.69, 9.17) is 23.2 Å². The number of hydrogen-bond acceptors (Lipinski definition) is 4. The first-order chi connectivity index (χ1) is 11.7. The highest BCUT2D eigenvalue weighted by Crippen LogP contribution is 2.31. The largest absolute Gasteiger partial charge is 0.434 e. The van der Waals surface area contributed by atoms with Gasteiger partial charge in [0.2, 0.25) is 0 Å². The van der Waals surface area contributed by atoms with Gasteiger partial charge >= 0.3 is 6.18 Å². The lowest BCUT2D eigenvalue weighted by Crippen LogP contribution is -2.06. The lowest BCUT2D eigenvalue weighted by atomic mass is 10.2. The summed E-state index contributed by atoms with van der Waals surface area (Å²) in [6.07, 6.45) is -0.116. The first-order valence-corrected chi connectivity index (χ1v) is 7.42. The van der Waals surface area contributed by atoms with Crippen molar-refractivity contribution in [2.45, 2.75) is 12.7 Å². The summed E-state index contributed by atoms with van der Waals surface area (Å²) >= 11 is 11.2. The minimum absolute atomic E-state index is 0.0337. The second-order valence-electron chi connectivity index (χ2n) is 4.89. The van der Waals surface area contributed by atoms with Gasteiger partial charge in [-0.05, 0) is 6.07 Å². The fourth-order valence-electron chi connectivity index (χ4n) is 2.02. The first kappa shape index (κ1) is 17.6. The number of nitrogens with zero attached hydrogens (tertiary/aromatic N) is 5. The third-order valence-corrected chi connectivity index (χ3v) is 3.58. The second-order valence-corrected chi connectivity index (χ2v) is 5.68. The van der Waals surface area contributed by atoms with Crippen molar-refractivity contribution in [3.63, 3.8) is 0 Å². The Morgan fingerprint density at radius 3 is 2.32 bits per heavy atom. The van der Waals surface area contributed by atoms with Gasteiger partial charge in [-0.1, -0.05) is 23.2 Å². The van der Waals surface area contributed by atoms with Gasteiger partial charge in [0.15, 0.2) is 16.7 Å². The molecule has 0 atom stereocenters. The highest BCUT2D eigenvalue weighted by Gasteiger charge is 2.35. The molecular weight excluding hydrogens is 385 g/mol. The Kier molecular flexibility index (Phi) is 4.61. The van der Waals surface area contributed by atoms with Crippen molar-refractivity contribution in [1.29, 1.82) is 0 Å². The number of rotatable bonds is 3. The van der Waals surface area contributed by atoms with Crippen molar-refractivity contribution < 1.29 is 17.6 Å². The van der Waals surface area contributed by atoms with Crippen LogP contribution in [0.25, 0.3) is 11.4 Å². The SMILES string of the molecule is Fc1cc(-c2nc(C(F)(F)F)cn2Cc2ncc(Cl)cn2)cnc1Cl. The number of alkyl halides is 3. The summed E-state index contributed by atoms with van der Waals surface area (Å²) in [4.78, 5) is 15.0. The third-order valence-electron chi connectivity index (χ3n) is 3.11. The van der Waals surface area contributed by atoms with Crippen molar-refractivity contribution >= 4 is 23.2 Å². The van der Waals surface area contributed by atoms with Crippen LogP contribution in [-0.2, 0) is 12.7 Å². The Morgan fingerprint density at radius 1 is 1.04 bits per heavy atom. The van der Waals surface area contributed by atoms with Gasteiger partial charge in [0.25, 0.3) is 0 Å². The second kappa shape index (κ2) is 6.57. The highest BCUT2D eigenvalue weighted by molar-refractivity contribution is 6.30. The van der Waals surface area contributed by atoms with E-state index in [1.807, 2.05) is 0 Å². The molecule has 0 aromatic carbocycles. The number of halogens is 6.